The van der Waals surface area contributed by atoms with E-state index in [0.29, 0.717) is 6.04 Å². The van der Waals surface area contributed by atoms with Gasteiger partial charge in [0.25, 0.3) is 0 Å². The van der Waals surface area contributed by atoms with Gasteiger partial charge in [-0.2, -0.15) is 0 Å². The molecule has 0 spiro atoms. The van der Waals surface area contributed by atoms with Crippen LogP contribution in [0.4, 0.5) is 0 Å². The summed E-state index contributed by atoms with van der Waals surface area (Å²) < 4.78 is 0. The quantitative estimate of drug-likeness (QED) is 0.447. The molecule has 0 radical (unpaired) electrons. The largest absolute Gasteiger partial charge is 0.315 e. The van der Waals surface area contributed by atoms with Gasteiger partial charge in [-0.3, -0.25) is 0 Å². The van der Waals surface area contributed by atoms with Gasteiger partial charge >= 0.3 is 0 Å². The highest BCUT2D eigenvalue weighted by molar-refractivity contribution is 5.34. The van der Waals surface area contributed by atoms with Crippen molar-refractivity contribution in [3.05, 3.63) is 35.4 Å². The van der Waals surface area contributed by atoms with Crippen LogP contribution in [0.1, 0.15) is 88.3 Å². The molecule has 1 aliphatic carbocycles. The van der Waals surface area contributed by atoms with E-state index in [4.69, 9.17) is 0 Å². The smallest absolute Gasteiger partial charge is 0.0326 e. The van der Waals surface area contributed by atoms with E-state index < -0.39 is 0 Å². The van der Waals surface area contributed by atoms with E-state index in [9.17, 15) is 0 Å². The molecule has 24 heavy (non-hydrogen) atoms. The van der Waals surface area contributed by atoms with Crippen molar-refractivity contribution in [1.29, 1.82) is 0 Å². The van der Waals surface area contributed by atoms with Gasteiger partial charge in [-0.25, -0.2) is 0 Å². The summed E-state index contributed by atoms with van der Waals surface area (Å²) in [5.74, 6) is 0. The van der Waals surface area contributed by atoms with Crippen molar-refractivity contribution in [1.82, 2.24) is 10.6 Å². The van der Waals surface area contributed by atoms with Gasteiger partial charge in [0.1, 0.15) is 0 Å². The van der Waals surface area contributed by atoms with E-state index in [0.717, 1.165) is 13.1 Å². The van der Waals surface area contributed by atoms with Gasteiger partial charge in [0, 0.05) is 19.1 Å². The zero-order valence-electron chi connectivity index (χ0n) is 15.8. The minimum absolute atomic E-state index is 0.579. The molecule has 136 valence electrons. The molecule has 0 saturated carbocycles. The predicted octanol–water partition coefficient (Wildman–Crippen LogP) is 5.38. The second kappa shape index (κ2) is 12.5. The van der Waals surface area contributed by atoms with Crippen LogP contribution in [0.25, 0.3) is 0 Å². The molecule has 1 atom stereocenters. The first kappa shape index (κ1) is 19.5. The molecule has 2 nitrogen and oxygen atoms in total. The first-order valence-corrected chi connectivity index (χ1v) is 10.4. The number of benzene rings is 1. The molecular formula is C22H38N2. The van der Waals surface area contributed by atoms with Gasteiger partial charge in [-0.05, 0) is 36.9 Å². The lowest BCUT2D eigenvalue weighted by Crippen LogP contribution is -2.30. The Morgan fingerprint density at radius 3 is 2.33 bits per heavy atom. The average Bonchev–Trinajstić information content (AvgIpc) is 3.02. The summed E-state index contributed by atoms with van der Waals surface area (Å²) in [6.45, 7) is 5.64. The zero-order chi connectivity index (χ0) is 16.9. The van der Waals surface area contributed by atoms with Crippen LogP contribution < -0.4 is 10.6 Å². The Morgan fingerprint density at radius 1 is 0.833 bits per heavy atom. The molecule has 0 saturated heterocycles. The lowest BCUT2D eigenvalue weighted by Gasteiger charge is -2.14. The summed E-state index contributed by atoms with van der Waals surface area (Å²) >= 11 is 0. The van der Waals surface area contributed by atoms with Crippen molar-refractivity contribution in [2.75, 3.05) is 19.6 Å². The highest BCUT2D eigenvalue weighted by Crippen LogP contribution is 2.30. The van der Waals surface area contributed by atoms with Gasteiger partial charge in [0.15, 0.2) is 0 Å². The Kier molecular flexibility index (Phi) is 10.1. The predicted molar refractivity (Wildman–Crippen MR) is 106 cm³/mol. The van der Waals surface area contributed by atoms with Crippen LogP contribution in [0.3, 0.4) is 0 Å². The second-order valence-corrected chi connectivity index (χ2v) is 7.32. The second-order valence-electron chi connectivity index (χ2n) is 7.32. The maximum Gasteiger partial charge on any atom is 0.0326 e. The third-order valence-electron chi connectivity index (χ3n) is 5.28. The van der Waals surface area contributed by atoms with E-state index in [1.165, 1.54) is 88.3 Å². The fraction of sp³-hybridized carbons (Fsp3) is 0.727. The van der Waals surface area contributed by atoms with E-state index in [2.05, 4.69) is 41.8 Å². The molecule has 1 aromatic rings. The van der Waals surface area contributed by atoms with Crippen molar-refractivity contribution in [2.45, 2.75) is 83.6 Å². The Bertz CT molecular complexity index is 430. The highest BCUT2D eigenvalue weighted by atomic mass is 15.0. The Labute approximate surface area is 149 Å². The summed E-state index contributed by atoms with van der Waals surface area (Å²) in [5, 5.41) is 7.30. The molecule has 1 aliphatic rings. The van der Waals surface area contributed by atoms with E-state index in [-0.39, 0.29) is 0 Å². The highest BCUT2D eigenvalue weighted by Gasteiger charge is 2.20. The van der Waals surface area contributed by atoms with Crippen molar-refractivity contribution < 1.29 is 0 Å². The van der Waals surface area contributed by atoms with Crippen LogP contribution in [-0.2, 0) is 6.42 Å². The fourth-order valence-corrected chi connectivity index (χ4v) is 3.79. The summed E-state index contributed by atoms with van der Waals surface area (Å²) in [7, 11) is 0. The van der Waals surface area contributed by atoms with E-state index >= 15 is 0 Å². The molecule has 1 aromatic carbocycles. The minimum atomic E-state index is 0.579. The molecular weight excluding hydrogens is 292 g/mol. The number of nitrogens with one attached hydrogen (secondary N) is 2. The molecule has 2 heteroatoms. The normalized spacial score (nSPS) is 16.5. The monoisotopic (exact) mass is 330 g/mol. The maximum atomic E-state index is 3.71. The number of aryl methyl sites for hydroxylation is 1. The standard InChI is InChI=1S/C22H38N2/c1-2-3-4-5-6-7-8-9-12-17-23-18-19-24-22-16-15-20-13-10-11-14-21(20)22/h10-11,13-14,22-24H,2-9,12,15-19H2,1H3. The lowest BCUT2D eigenvalue weighted by molar-refractivity contribution is 0.503. The van der Waals surface area contributed by atoms with Crippen molar-refractivity contribution in [2.24, 2.45) is 0 Å². The topological polar surface area (TPSA) is 24.1 Å². The lowest BCUT2D eigenvalue weighted by atomic mass is 10.1. The van der Waals surface area contributed by atoms with Gasteiger partial charge in [0.05, 0.1) is 0 Å². The summed E-state index contributed by atoms with van der Waals surface area (Å²) in [5.41, 5.74) is 3.06. The number of rotatable bonds is 14. The molecule has 0 aliphatic heterocycles. The molecule has 0 fully saturated rings. The summed E-state index contributed by atoms with van der Waals surface area (Å²) in [6.07, 6.45) is 15.2. The van der Waals surface area contributed by atoms with Gasteiger partial charge < -0.3 is 10.6 Å². The summed E-state index contributed by atoms with van der Waals surface area (Å²) in [6, 6.07) is 9.47. The van der Waals surface area contributed by atoms with E-state index in [1.807, 2.05) is 0 Å². The van der Waals surface area contributed by atoms with Gasteiger partial charge in [0.2, 0.25) is 0 Å². The Hall–Kier alpha value is -0.860. The fourth-order valence-electron chi connectivity index (χ4n) is 3.79. The third-order valence-corrected chi connectivity index (χ3v) is 5.28. The van der Waals surface area contributed by atoms with Crippen LogP contribution >= 0.6 is 0 Å². The minimum Gasteiger partial charge on any atom is -0.315 e. The van der Waals surface area contributed by atoms with Crippen LogP contribution in [0.2, 0.25) is 0 Å². The zero-order valence-corrected chi connectivity index (χ0v) is 15.8. The number of fused-ring (bicyclic) bond motifs is 1. The molecule has 0 heterocycles. The molecule has 2 N–H and O–H groups in total. The number of hydrogen-bond donors (Lipinski definition) is 2. The van der Waals surface area contributed by atoms with Crippen LogP contribution in [0.15, 0.2) is 24.3 Å². The first-order chi connectivity index (χ1) is 11.9. The van der Waals surface area contributed by atoms with Gasteiger partial charge in [-0.15, -0.1) is 0 Å². The van der Waals surface area contributed by atoms with Crippen molar-refractivity contribution >= 4 is 0 Å². The third kappa shape index (κ3) is 7.36. The molecule has 0 aromatic heterocycles. The van der Waals surface area contributed by atoms with Crippen molar-refractivity contribution in [3.63, 3.8) is 0 Å². The SMILES string of the molecule is CCCCCCCCCCCNCCNC1CCc2ccccc21. The average molecular weight is 331 g/mol. The molecule has 0 bridgehead atoms. The molecule has 2 rings (SSSR count). The van der Waals surface area contributed by atoms with Crippen molar-refractivity contribution in [3.8, 4) is 0 Å². The van der Waals surface area contributed by atoms with E-state index in [1.54, 1.807) is 0 Å². The van der Waals surface area contributed by atoms with Crippen LogP contribution in [0.5, 0.6) is 0 Å². The number of hydrogen-bond acceptors (Lipinski definition) is 2. The summed E-state index contributed by atoms with van der Waals surface area (Å²) in [4.78, 5) is 0. The van der Waals surface area contributed by atoms with Gasteiger partial charge in [-0.1, -0.05) is 82.6 Å². The maximum absolute atomic E-state index is 3.71. The number of unbranched alkanes of at least 4 members (excludes halogenated alkanes) is 8. The Balaban J connectivity index is 1.36. The van der Waals surface area contributed by atoms with Crippen LogP contribution in [-0.4, -0.2) is 19.6 Å². The first-order valence-electron chi connectivity index (χ1n) is 10.4. The van der Waals surface area contributed by atoms with Crippen LogP contribution in [0, 0.1) is 0 Å². The Morgan fingerprint density at radius 2 is 1.54 bits per heavy atom. The molecule has 1 unspecified atom stereocenters. The molecule has 0 amide bonds.